The third-order valence-electron chi connectivity index (χ3n) is 2.16. The number of aryl methyl sites for hydroxylation is 1. The van der Waals surface area contributed by atoms with Crippen LogP contribution in [0.25, 0.3) is 0 Å². The first-order valence-electron chi connectivity index (χ1n) is 5.08. The first-order chi connectivity index (χ1) is 7.74. The van der Waals surface area contributed by atoms with E-state index in [1.807, 2.05) is 37.3 Å². The van der Waals surface area contributed by atoms with Crippen LogP contribution >= 0.6 is 0 Å². The number of aromatic hydroxyl groups is 1. The van der Waals surface area contributed by atoms with E-state index in [-0.39, 0.29) is 5.88 Å². The van der Waals surface area contributed by atoms with Gasteiger partial charge in [-0.15, -0.1) is 0 Å². The summed E-state index contributed by atoms with van der Waals surface area (Å²) in [5.41, 5.74) is 1.83. The molecule has 0 aliphatic rings. The molecule has 0 atom stereocenters. The van der Waals surface area contributed by atoms with Crippen LogP contribution in [-0.2, 0) is 6.61 Å². The van der Waals surface area contributed by atoms with Crippen molar-refractivity contribution in [2.24, 2.45) is 0 Å². The van der Waals surface area contributed by atoms with Crippen LogP contribution in [0.15, 0.2) is 42.5 Å². The summed E-state index contributed by atoms with van der Waals surface area (Å²) in [6.45, 7) is 2.30. The van der Waals surface area contributed by atoms with Crippen LogP contribution < -0.4 is 4.74 Å². The van der Waals surface area contributed by atoms with E-state index in [1.54, 1.807) is 6.07 Å². The highest BCUT2D eigenvalue weighted by Crippen LogP contribution is 2.18. The Morgan fingerprint density at radius 3 is 2.62 bits per heavy atom. The Balaban J connectivity index is 2.05. The van der Waals surface area contributed by atoms with Gasteiger partial charge in [0.1, 0.15) is 12.4 Å². The van der Waals surface area contributed by atoms with E-state index in [9.17, 15) is 5.11 Å². The van der Waals surface area contributed by atoms with Crippen LogP contribution in [0.4, 0.5) is 0 Å². The van der Waals surface area contributed by atoms with E-state index >= 15 is 0 Å². The smallest absolute Gasteiger partial charge is 0.214 e. The summed E-state index contributed by atoms with van der Waals surface area (Å²) in [4.78, 5) is 3.86. The molecule has 16 heavy (non-hydrogen) atoms. The Bertz CT molecular complexity index is 448. The fourth-order valence-electron chi connectivity index (χ4n) is 1.44. The van der Waals surface area contributed by atoms with Gasteiger partial charge in [0.2, 0.25) is 5.88 Å². The maximum Gasteiger partial charge on any atom is 0.214 e. The Hall–Kier alpha value is -2.03. The summed E-state index contributed by atoms with van der Waals surface area (Å²) >= 11 is 0. The molecule has 3 heteroatoms. The van der Waals surface area contributed by atoms with Crippen LogP contribution in [0, 0.1) is 6.92 Å². The first-order valence-corrected chi connectivity index (χ1v) is 5.08. The van der Waals surface area contributed by atoms with Crippen molar-refractivity contribution in [2.75, 3.05) is 0 Å². The van der Waals surface area contributed by atoms with Gasteiger partial charge in [-0.2, -0.15) is 0 Å². The Morgan fingerprint density at radius 1 is 1.19 bits per heavy atom. The van der Waals surface area contributed by atoms with Crippen LogP contribution in [0.5, 0.6) is 11.6 Å². The van der Waals surface area contributed by atoms with Gasteiger partial charge in [0.25, 0.3) is 0 Å². The van der Waals surface area contributed by atoms with Crippen LogP contribution in [0.1, 0.15) is 11.3 Å². The molecule has 0 saturated carbocycles. The third-order valence-corrected chi connectivity index (χ3v) is 2.16. The highest BCUT2D eigenvalue weighted by molar-refractivity contribution is 5.29. The molecule has 0 bridgehead atoms. The molecule has 0 saturated heterocycles. The summed E-state index contributed by atoms with van der Waals surface area (Å²) in [6.07, 6.45) is 0. The van der Waals surface area contributed by atoms with Crippen LogP contribution in [0.3, 0.4) is 0 Å². The monoisotopic (exact) mass is 215 g/mol. The minimum atomic E-state index is -0.0111. The molecule has 0 unspecified atom stereocenters. The van der Waals surface area contributed by atoms with E-state index < -0.39 is 0 Å². The number of pyridine rings is 1. The Kier molecular flexibility index (Phi) is 3.05. The van der Waals surface area contributed by atoms with Crippen molar-refractivity contribution in [2.45, 2.75) is 13.5 Å². The molecule has 3 nitrogen and oxygen atoms in total. The first kappa shape index (κ1) is 10.5. The van der Waals surface area contributed by atoms with Gasteiger partial charge in [-0.25, -0.2) is 4.98 Å². The van der Waals surface area contributed by atoms with Gasteiger partial charge in [-0.05, 0) is 12.5 Å². The fraction of sp³-hybridized carbons (Fsp3) is 0.154. The minimum absolute atomic E-state index is 0.0111. The lowest BCUT2D eigenvalue weighted by molar-refractivity contribution is 0.303. The molecule has 0 aliphatic carbocycles. The van der Waals surface area contributed by atoms with Gasteiger partial charge in [0, 0.05) is 17.8 Å². The molecule has 1 heterocycles. The maximum absolute atomic E-state index is 9.30. The molecule has 1 N–H and O–H groups in total. The Labute approximate surface area is 94.3 Å². The zero-order valence-electron chi connectivity index (χ0n) is 9.05. The van der Waals surface area contributed by atoms with Crippen molar-refractivity contribution in [3.8, 4) is 11.6 Å². The largest absolute Gasteiger partial charge is 0.493 e. The van der Waals surface area contributed by atoms with E-state index in [0.717, 1.165) is 11.3 Å². The van der Waals surface area contributed by atoms with E-state index in [0.29, 0.717) is 12.4 Å². The fourth-order valence-corrected chi connectivity index (χ4v) is 1.44. The van der Waals surface area contributed by atoms with Gasteiger partial charge in [-0.1, -0.05) is 30.3 Å². The highest BCUT2D eigenvalue weighted by Gasteiger charge is 2.00. The van der Waals surface area contributed by atoms with Crippen molar-refractivity contribution in [1.29, 1.82) is 0 Å². The molecular formula is C13H13NO2. The van der Waals surface area contributed by atoms with Crippen LogP contribution in [-0.4, -0.2) is 10.1 Å². The van der Waals surface area contributed by atoms with Gasteiger partial charge < -0.3 is 9.84 Å². The predicted octanol–water partition coefficient (Wildman–Crippen LogP) is 2.67. The maximum atomic E-state index is 9.30. The minimum Gasteiger partial charge on any atom is -0.493 e. The lowest BCUT2D eigenvalue weighted by atomic mass is 10.2. The van der Waals surface area contributed by atoms with Gasteiger partial charge >= 0.3 is 0 Å². The Morgan fingerprint density at radius 2 is 1.94 bits per heavy atom. The molecule has 0 amide bonds. The second-order valence-electron chi connectivity index (χ2n) is 3.58. The lowest BCUT2D eigenvalue weighted by Gasteiger charge is -2.07. The lowest BCUT2D eigenvalue weighted by Crippen LogP contribution is -1.95. The quantitative estimate of drug-likeness (QED) is 0.855. The third kappa shape index (κ3) is 2.73. The van der Waals surface area contributed by atoms with Crippen molar-refractivity contribution in [3.63, 3.8) is 0 Å². The van der Waals surface area contributed by atoms with Crippen LogP contribution in [0.2, 0.25) is 0 Å². The summed E-state index contributed by atoms with van der Waals surface area (Å²) in [7, 11) is 0. The molecule has 2 rings (SSSR count). The standard InChI is InChI=1S/C13H13NO2/c1-10-7-12(8-13(15)14-10)16-9-11-5-3-2-4-6-11/h2-8H,9H2,1H3,(H,14,15). The molecule has 0 radical (unpaired) electrons. The number of ether oxygens (including phenoxy) is 1. The average Bonchev–Trinajstić information content (AvgIpc) is 2.27. The molecule has 0 fully saturated rings. The molecule has 1 aromatic heterocycles. The van der Waals surface area contributed by atoms with Gasteiger partial charge in [0.05, 0.1) is 0 Å². The molecule has 2 aromatic rings. The normalized spacial score (nSPS) is 10.1. The van der Waals surface area contributed by atoms with Crippen molar-refractivity contribution in [1.82, 2.24) is 4.98 Å². The highest BCUT2D eigenvalue weighted by atomic mass is 16.5. The van der Waals surface area contributed by atoms with Crippen molar-refractivity contribution < 1.29 is 9.84 Å². The van der Waals surface area contributed by atoms with Crippen molar-refractivity contribution in [3.05, 3.63) is 53.7 Å². The number of hydrogen-bond donors (Lipinski definition) is 1. The number of hydrogen-bond acceptors (Lipinski definition) is 3. The molecular weight excluding hydrogens is 202 g/mol. The van der Waals surface area contributed by atoms with E-state index in [4.69, 9.17) is 4.74 Å². The van der Waals surface area contributed by atoms with E-state index in [2.05, 4.69) is 4.98 Å². The summed E-state index contributed by atoms with van der Waals surface area (Å²) < 4.78 is 5.55. The number of aromatic nitrogens is 1. The molecule has 0 spiro atoms. The van der Waals surface area contributed by atoms with E-state index in [1.165, 1.54) is 6.07 Å². The topological polar surface area (TPSA) is 42.4 Å². The average molecular weight is 215 g/mol. The summed E-state index contributed by atoms with van der Waals surface area (Å²) in [6, 6.07) is 13.2. The molecule has 1 aromatic carbocycles. The second-order valence-corrected chi connectivity index (χ2v) is 3.58. The summed E-state index contributed by atoms with van der Waals surface area (Å²) in [5, 5.41) is 9.30. The number of rotatable bonds is 3. The number of nitrogens with zero attached hydrogens (tertiary/aromatic N) is 1. The van der Waals surface area contributed by atoms with Crippen molar-refractivity contribution >= 4 is 0 Å². The van der Waals surface area contributed by atoms with Gasteiger partial charge in [0.15, 0.2) is 0 Å². The second kappa shape index (κ2) is 4.66. The zero-order chi connectivity index (χ0) is 11.4. The number of benzene rings is 1. The predicted molar refractivity (Wildman–Crippen MR) is 61.4 cm³/mol. The molecule has 82 valence electrons. The SMILES string of the molecule is Cc1cc(OCc2ccccc2)cc(O)n1. The van der Waals surface area contributed by atoms with Gasteiger partial charge in [-0.3, -0.25) is 0 Å². The zero-order valence-corrected chi connectivity index (χ0v) is 9.05. The molecule has 0 aliphatic heterocycles. The summed E-state index contributed by atoms with van der Waals surface area (Å²) in [5.74, 6) is 0.622.